The summed E-state index contributed by atoms with van der Waals surface area (Å²) < 4.78 is 5.13. The van der Waals surface area contributed by atoms with E-state index in [1.165, 1.54) is 25.3 Å². The highest BCUT2D eigenvalue weighted by atomic mass is 35.5. The molecule has 21 heavy (non-hydrogen) atoms. The number of rotatable bonds is 3. The molecule has 0 aliphatic rings. The van der Waals surface area contributed by atoms with Gasteiger partial charge in [-0.05, 0) is 24.3 Å². The lowest BCUT2D eigenvalue weighted by molar-refractivity contribution is 0.102. The van der Waals surface area contributed by atoms with Gasteiger partial charge in [0.1, 0.15) is 16.6 Å². The Morgan fingerprint density at radius 2 is 2.10 bits per heavy atom. The van der Waals surface area contributed by atoms with E-state index in [9.17, 15) is 4.79 Å². The average Bonchev–Trinajstić information content (AvgIpc) is 2.49. The minimum Gasteiger partial charge on any atom is -0.495 e. The highest BCUT2D eigenvalue weighted by Gasteiger charge is 2.15. The van der Waals surface area contributed by atoms with Crippen molar-refractivity contribution in [1.29, 1.82) is 5.26 Å². The number of nitriles is 1. The van der Waals surface area contributed by atoms with Crippen LogP contribution in [0.25, 0.3) is 0 Å². The van der Waals surface area contributed by atoms with Gasteiger partial charge in [0.25, 0.3) is 5.91 Å². The maximum Gasteiger partial charge on any atom is 0.275 e. The second-order valence-corrected chi connectivity index (χ2v) is 4.74. The molecule has 1 N–H and O–H groups in total. The molecule has 0 bridgehead atoms. The van der Waals surface area contributed by atoms with Crippen LogP contribution in [0.5, 0.6) is 5.75 Å². The molecule has 0 aliphatic carbocycles. The van der Waals surface area contributed by atoms with Crippen molar-refractivity contribution in [1.82, 2.24) is 4.98 Å². The fourth-order valence-electron chi connectivity index (χ4n) is 1.62. The molecule has 1 amide bonds. The highest BCUT2D eigenvalue weighted by molar-refractivity contribution is 6.35. The van der Waals surface area contributed by atoms with Crippen LogP contribution in [0.3, 0.4) is 0 Å². The van der Waals surface area contributed by atoms with Crippen LogP contribution < -0.4 is 10.1 Å². The number of pyridine rings is 1. The SMILES string of the molecule is COc1cc(C#N)ccc1NC(=O)c1nc(Cl)ccc1Cl. The monoisotopic (exact) mass is 321 g/mol. The molecule has 0 atom stereocenters. The van der Waals surface area contributed by atoms with Gasteiger partial charge >= 0.3 is 0 Å². The van der Waals surface area contributed by atoms with Crippen LogP contribution in [0.4, 0.5) is 5.69 Å². The number of nitrogens with one attached hydrogen (secondary N) is 1. The number of halogens is 2. The van der Waals surface area contributed by atoms with E-state index in [4.69, 9.17) is 33.2 Å². The maximum atomic E-state index is 12.2. The molecule has 106 valence electrons. The summed E-state index contributed by atoms with van der Waals surface area (Å²) in [6.07, 6.45) is 0. The third kappa shape index (κ3) is 3.43. The summed E-state index contributed by atoms with van der Waals surface area (Å²) in [5.74, 6) is -0.161. The Bertz CT molecular complexity index is 741. The van der Waals surface area contributed by atoms with E-state index >= 15 is 0 Å². The second kappa shape index (κ2) is 6.44. The zero-order chi connectivity index (χ0) is 15.4. The second-order valence-electron chi connectivity index (χ2n) is 3.95. The van der Waals surface area contributed by atoms with Crippen LogP contribution in [0.15, 0.2) is 30.3 Å². The Labute approximate surface area is 131 Å². The first kappa shape index (κ1) is 15.1. The number of ether oxygens (including phenoxy) is 1. The maximum absolute atomic E-state index is 12.2. The molecule has 1 aromatic heterocycles. The van der Waals surface area contributed by atoms with Gasteiger partial charge in [-0.15, -0.1) is 0 Å². The van der Waals surface area contributed by atoms with Crippen molar-refractivity contribution in [2.24, 2.45) is 0 Å². The Balaban J connectivity index is 2.32. The summed E-state index contributed by atoms with van der Waals surface area (Å²) in [6, 6.07) is 9.60. The number of hydrogen-bond acceptors (Lipinski definition) is 4. The smallest absolute Gasteiger partial charge is 0.275 e. The molecule has 0 radical (unpaired) electrons. The standard InChI is InChI=1S/C14H9Cl2N3O2/c1-21-11-6-8(7-17)2-4-10(11)18-14(20)13-9(15)3-5-12(16)19-13/h2-6H,1H3,(H,18,20). The van der Waals surface area contributed by atoms with Crippen molar-refractivity contribution < 1.29 is 9.53 Å². The molecule has 0 saturated carbocycles. The number of aromatic nitrogens is 1. The van der Waals surface area contributed by atoms with E-state index < -0.39 is 5.91 Å². The van der Waals surface area contributed by atoms with Crippen molar-refractivity contribution in [2.75, 3.05) is 12.4 Å². The Hall–Kier alpha value is -2.29. The number of methoxy groups -OCH3 is 1. The Kier molecular flexibility index (Phi) is 4.63. The summed E-state index contributed by atoms with van der Waals surface area (Å²) in [4.78, 5) is 16.1. The lowest BCUT2D eigenvalue weighted by atomic mass is 10.2. The molecule has 2 aromatic rings. The first-order valence-electron chi connectivity index (χ1n) is 5.76. The highest BCUT2D eigenvalue weighted by Crippen LogP contribution is 2.26. The zero-order valence-electron chi connectivity index (χ0n) is 10.9. The van der Waals surface area contributed by atoms with Gasteiger partial charge in [-0.3, -0.25) is 4.79 Å². The number of anilines is 1. The van der Waals surface area contributed by atoms with Gasteiger partial charge in [0.2, 0.25) is 0 Å². The van der Waals surface area contributed by atoms with Gasteiger partial charge in [0, 0.05) is 6.07 Å². The van der Waals surface area contributed by atoms with E-state index in [1.807, 2.05) is 6.07 Å². The summed E-state index contributed by atoms with van der Waals surface area (Å²) in [7, 11) is 1.44. The lowest BCUT2D eigenvalue weighted by Crippen LogP contribution is -2.15. The van der Waals surface area contributed by atoms with Crippen LogP contribution in [0, 0.1) is 11.3 Å². The van der Waals surface area contributed by atoms with Gasteiger partial charge in [-0.25, -0.2) is 4.98 Å². The molecule has 7 heteroatoms. The van der Waals surface area contributed by atoms with E-state index in [0.29, 0.717) is 17.0 Å². The summed E-state index contributed by atoms with van der Waals surface area (Å²) in [5, 5.41) is 11.8. The minimum atomic E-state index is -0.523. The number of carbonyl (C=O) groups is 1. The predicted octanol–water partition coefficient (Wildman–Crippen LogP) is 3.52. The van der Waals surface area contributed by atoms with Gasteiger partial charge in [-0.2, -0.15) is 5.26 Å². The topological polar surface area (TPSA) is 75.0 Å². The molecule has 1 aromatic carbocycles. The van der Waals surface area contributed by atoms with E-state index in [1.54, 1.807) is 12.1 Å². The average molecular weight is 322 g/mol. The summed E-state index contributed by atoms with van der Waals surface area (Å²) >= 11 is 11.7. The third-order valence-electron chi connectivity index (χ3n) is 2.61. The molecule has 0 unspecified atom stereocenters. The van der Waals surface area contributed by atoms with Crippen molar-refractivity contribution in [3.05, 3.63) is 51.8 Å². The fourth-order valence-corrected chi connectivity index (χ4v) is 1.96. The van der Waals surface area contributed by atoms with Crippen molar-refractivity contribution in [3.63, 3.8) is 0 Å². The van der Waals surface area contributed by atoms with Gasteiger partial charge < -0.3 is 10.1 Å². The van der Waals surface area contributed by atoms with Crippen molar-refractivity contribution in [2.45, 2.75) is 0 Å². The number of benzene rings is 1. The molecule has 5 nitrogen and oxygen atoms in total. The Morgan fingerprint density at radius 1 is 1.33 bits per heavy atom. The molecule has 0 aliphatic heterocycles. The van der Waals surface area contributed by atoms with Crippen LogP contribution >= 0.6 is 23.2 Å². The number of carbonyl (C=O) groups excluding carboxylic acids is 1. The third-order valence-corrected chi connectivity index (χ3v) is 3.12. The Morgan fingerprint density at radius 3 is 2.76 bits per heavy atom. The van der Waals surface area contributed by atoms with Gasteiger partial charge in [-0.1, -0.05) is 23.2 Å². The van der Waals surface area contributed by atoms with Crippen LogP contribution in [0.1, 0.15) is 16.1 Å². The first-order chi connectivity index (χ1) is 10.0. The molecular formula is C14H9Cl2N3O2. The van der Waals surface area contributed by atoms with E-state index in [-0.39, 0.29) is 15.9 Å². The van der Waals surface area contributed by atoms with Gasteiger partial charge in [0.15, 0.2) is 0 Å². The normalized spacial score (nSPS) is 9.81. The molecule has 0 saturated heterocycles. The molecule has 0 fully saturated rings. The zero-order valence-corrected chi connectivity index (χ0v) is 12.4. The number of nitrogens with zero attached hydrogens (tertiary/aromatic N) is 2. The van der Waals surface area contributed by atoms with Crippen LogP contribution in [0.2, 0.25) is 10.2 Å². The van der Waals surface area contributed by atoms with Crippen molar-refractivity contribution >= 4 is 34.8 Å². The summed E-state index contributed by atoms with van der Waals surface area (Å²) in [5.41, 5.74) is 0.832. The molecule has 2 rings (SSSR count). The number of hydrogen-bond donors (Lipinski definition) is 1. The largest absolute Gasteiger partial charge is 0.495 e. The lowest BCUT2D eigenvalue weighted by Gasteiger charge is -2.10. The minimum absolute atomic E-state index is 0.00980. The predicted molar refractivity (Wildman–Crippen MR) is 79.9 cm³/mol. The molecular weight excluding hydrogens is 313 g/mol. The molecule has 0 spiro atoms. The quantitative estimate of drug-likeness (QED) is 0.877. The van der Waals surface area contributed by atoms with Crippen molar-refractivity contribution in [3.8, 4) is 11.8 Å². The van der Waals surface area contributed by atoms with Crippen LogP contribution in [-0.2, 0) is 0 Å². The van der Waals surface area contributed by atoms with Gasteiger partial charge in [0.05, 0.1) is 29.5 Å². The van der Waals surface area contributed by atoms with E-state index in [0.717, 1.165) is 0 Å². The first-order valence-corrected chi connectivity index (χ1v) is 6.52. The summed E-state index contributed by atoms with van der Waals surface area (Å²) in [6.45, 7) is 0. The van der Waals surface area contributed by atoms with Crippen LogP contribution in [-0.4, -0.2) is 18.0 Å². The number of amides is 1. The van der Waals surface area contributed by atoms with E-state index in [2.05, 4.69) is 10.3 Å². The molecule has 1 heterocycles. The fraction of sp³-hybridized carbons (Fsp3) is 0.0714.